The molecule has 0 saturated heterocycles. The summed E-state index contributed by atoms with van der Waals surface area (Å²) in [6.07, 6.45) is 5.24. The second-order valence-electron chi connectivity index (χ2n) is 4.98. The van der Waals surface area contributed by atoms with E-state index in [1.807, 2.05) is 12.1 Å². The van der Waals surface area contributed by atoms with Gasteiger partial charge in [0.05, 0.1) is 13.4 Å². The molecule has 1 unspecified atom stereocenters. The number of hydrogen-bond donors (Lipinski definition) is 1. The number of rotatable bonds is 4. The van der Waals surface area contributed by atoms with Gasteiger partial charge in [-0.3, -0.25) is 0 Å². The highest BCUT2D eigenvalue weighted by Crippen LogP contribution is 2.30. The summed E-state index contributed by atoms with van der Waals surface area (Å²) in [5.41, 5.74) is 2.57. The van der Waals surface area contributed by atoms with E-state index < -0.39 is 0 Å². The number of methoxy groups -OCH3 is 1. The molecule has 0 aliphatic heterocycles. The molecule has 0 saturated carbocycles. The number of furan rings is 1. The first-order chi connectivity index (χ1) is 9.36. The number of aryl methyl sites for hydroxylation is 1. The third kappa shape index (κ3) is 2.66. The average molecular weight is 257 g/mol. The molecule has 0 amide bonds. The van der Waals surface area contributed by atoms with Crippen molar-refractivity contribution in [3.05, 3.63) is 53.5 Å². The fourth-order valence-corrected chi connectivity index (χ4v) is 2.72. The molecule has 0 fully saturated rings. The van der Waals surface area contributed by atoms with Crippen LogP contribution >= 0.6 is 0 Å². The maximum Gasteiger partial charge on any atom is 0.119 e. The van der Waals surface area contributed by atoms with Crippen molar-refractivity contribution in [3.63, 3.8) is 0 Å². The van der Waals surface area contributed by atoms with Gasteiger partial charge in [-0.05, 0) is 36.6 Å². The lowest BCUT2D eigenvalue weighted by Crippen LogP contribution is -2.24. The fraction of sp³-hybridized carbons (Fsp3) is 0.375. The summed E-state index contributed by atoms with van der Waals surface area (Å²) in [6.45, 7) is 0.854. The van der Waals surface area contributed by atoms with E-state index in [0.29, 0.717) is 6.04 Å². The van der Waals surface area contributed by atoms with Gasteiger partial charge in [-0.15, -0.1) is 0 Å². The summed E-state index contributed by atoms with van der Waals surface area (Å²) in [7, 11) is 1.70. The Morgan fingerprint density at radius 1 is 1.37 bits per heavy atom. The SMILES string of the molecule is COc1cccc(CNC2CCCc3occc32)c1. The molecule has 1 aliphatic rings. The number of ether oxygens (including phenoxy) is 1. The number of nitrogens with one attached hydrogen (secondary N) is 1. The summed E-state index contributed by atoms with van der Waals surface area (Å²) < 4.78 is 10.8. The second-order valence-corrected chi connectivity index (χ2v) is 4.98. The van der Waals surface area contributed by atoms with Crippen LogP contribution in [0.3, 0.4) is 0 Å². The van der Waals surface area contributed by atoms with E-state index in [0.717, 1.165) is 24.5 Å². The van der Waals surface area contributed by atoms with Crippen molar-refractivity contribution in [3.8, 4) is 5.75 Å². The average Bonchev–Trinajstić information content (AvgIpc) is 2.94. The molecule has 1 aromatic heterocycles. The van der Waals surface area contributed by atoms with Crippen LogP contribution < -0.4 is 10.1 Å². The van der Waals surface area contributed by atoms with Crippen LogP contribution in [-0.4, -0.2) is 7.11 Å². The number of benzene rings is 1. The third-order valence-electron chi connectivity index (χ3n) is 3.74. The van der Waals surface area contributed by atoms with Crippen molar-refractivity contribution in [2.75, 3.05) is 7.11 Å². The highest BCUT2D eigenvalue weighted by molar-refractivity contribution is 5.29. The van der Waals surface area contributed by atoms with Gasteiger partial charge in [-0.1, -0.05) is 12.1 Å². The Balaban J connectivity index is 1.67. The number of hydrogen-bond acceptors (Lipinski definition) is 3. The van der Waals surface area contributed by atoms with Crippen LogP contribution in [0.5, 0.6) is 5.75 Å². The molecule has 19 heavy (non-hydrogen) atoms. The Labute approximate surface area is 113 Å². The molecular weight excluding hydrogens is 238 g/mol. The van der Waals surface area contributed by atoms with E-state index in [4.69, 9.17) is 9.15 Å². The Morgan fingerprint density at radius 3 is 3.21 bits per heavy atom. The third-order valence-corrected chi connectivity index (χ3v) is 3.74. The first-order valence-corrected chi connectivity index (χ1v) is 6.79. The molecule has 1 heterocycles. The molecule has 0 radical (unpaired) electrons. The lowest BCUT2D eigenvalue weighted by molar-refractivity contribution is 0.406. The van der Waals surface area contributed by atoms with Crippen molar-refractivity contribution >= 4 is 0 Å². The first-order valence-electron chi connectivity index (χ1n) is 6.79. The van der Waals surface area contributed by atoms with Crippen molar-refractivity contribution in [2.24, 2.45) is 0 Å². The molecule has 1 atom stereocenters. The summed E-state index contributed by atoms with van der Waals surface area (Å²) in [5.74, 6) is 2.06. The van der Waals surface area contributed by atoms with E-state index in [1.54, 1.807) is 13.4 Å². The zero-order valence-corrected chi connectivity index (χ0v) is 11.2. The lowest BCUT2D eigenvalue weighted by Gasteiger charge is -2.23. The van der Waals surface area contributed by atoms with Crippen LogP contribution in [0.2, 0.25) is 0 Å². The minimum absolute atomic E-state index is 0.411. The van der Waals surface area contributed by atoms with Gasteiger partial charge in [-0.2, -0.15) is 0 Å². The maximum atomic E-state index is 5.51. The standard InChI is InChI=1S/C16H19NO2/c1-18-13-5-2-4-12(10-13)11-17-15-6-3-7-16-14(15)8-9-19-16/h2,4-5,8-10,15,17H,3,6-7,11H2,1H3. The summed E-state index contributed by atoms with van der Waals surface area (Å²) in [4.78, 5) is 0. The maximum absolute atomic E-state index is 5.51. The monoisotopic (exact) mass is 257 g/mol. The van der Waals surface area contributed by atoms with Crippen molar-refractivity contribution in [1.29, 1.82) is 0 Å². The Kier molecular flexibility index (Phi) is 3.56. The van der Waals surface area contributed by atoms with Crippen LogP contribution in [0.25, 0.3) is 0 Å². The molecule has 1 aromatic carbocycles. The fourth-order valence-electron chi connectivity index (χ4n) is 2.72. The van der Waals surface area contributed by atoms with E-state index in [9.17, 15) is 0 Å². The van der Waals surface area contributed by atoms with E-state index in [1.165, 1.54) is 24.0 Å². The Bertz CT molecular complexity index is 547. The zero-order chi connectivity index (χ0) is 13.1. The van der Waals surface area contributed by atoms with E-state index in [2.05, 4.69) is 23.5 Å². The zero-order valence-electron chi connectivity index (χ0n) is 11.2. The van der Waals surface area contributed by atoms with Gasteiger partial charge in [0.25, 0.3) is 0 Å². The smallest absolute Gasteiger partial charge is 0.119 e. The quantitative estimate of drug-likeness (QED) is 0.911. The van der Waals surface area contributed by atoms with Crippen molar-refractivity contribution in [2.45, 2.75) is 31.8 Å². The van der Waals surface area contributed by atoms with Crippen LogP contribution in [0, 0.1) is 0 Å². The minimum Gasteiger partial charge on any atom is -0.497 e. The molecule has 2 aromatic rings. The van der Waals surface area contributed by atoms with Gasteiger partial charge in [0, 0.05) is 24.6 Å². The van der Waals surface area contributed by atoms with Crippen LogP contribution in [0.4, 0.5) is 0 Å². The second kappa shape index (κ2) is 5.49. The molecule has 1 N–H and O–H groups in total. The minimum atomic E-state index is 0.411. The predicted molar refractivity (Wildman–Crippen MR) is 74.2 cm³/mol. The van der Waals surface area contributed by atoms with Gasteiger partial charge < -0.3 is 14.5 Å². The van der Waals surface area contributed by atoms with E-state index >= 15 is 0 Å². The predicted octanol–water partition coefficient (Wildman–Crippen LogP) is 3.46. The van der Waals surface area contributed by atoms with Crippen LogP contribution in [0.1, 0.15) is 35.8 Å². The molecule has 1 aliphatic carbocycles. The van der Waals surface area contributed by atoms with Gasteiger partial charge >= 0.3 is 0 Å². The first kappa shape index (κ1) is 12.3. The molecule has 3 nitrogen and oxygen atoms in total. The van der Waals surface area contributed by atoms with Gasteiger partial charge in [-0.25, -0.2) is 0 Å². The highest BCUT2D eigenvalue weighted by Gasteiger charge is 2.21. The molecule has 3 heteroatoms. The molecule has 3 rings (SSSR count). The summed E-state index contributed by atoms with van der Waals surface area (Å²) in [6, 6.07) is 10.7. The number of fused-ring (bicyclic) bond motifs is 1. The largest absolute Gasteiger partial charge is 0.497 e. The van der Waals surface area contributed by atoms with Crippen LogP contribution in [0.15, 0.2) is 41.0 Å². The molecule has 100 valence electrons. The Hall–Kier alpha value is -1.74. The van der Waals surface area contributed by atoms with Gasteiger partial charge in [0.2, 0.25) is 0 Å². The highest BCUT2D eigenvalue weighted by atomic mass is 16.5. The van der Waals surface area contributed by atoms with Gasteiger partial charge in [0.1, 0.15) is 11.5 Å². The van der Waals surface area contributed by atoms with Crippen molar-refractivity contribution in [1.82, 2.24) is 5.32 Å². The Morgan fingerprint density at radius 2 is 2.32 bits per heavy atom. The van der Waals surface area contributed by atoms with Crippen LogP contribution in [-0.2, 0) is 13.0 Å². The summed E-state index contributed by atoms with van der Waals surface area (Å²) in [5, 5.41) is 3.62. The normalized spacial score (nSPS) is 18.1. The van der Waals surface area contributed by atoms with Crippen molar-refractivity contribution < 1.29 is 9.15 Å². The molecule has 0 bridgehead atoms. The molecule has 0 spiro atoms. The summed E-state index contributed by atoms with van der Waals surface area (Å²) >= 11 is 0. The lowest BCUT2D eigenvalue weighted by atomic mass is 9.93. The van der Waals surface area contributed by atoms with Gasteiger partial charge in [0.15, 0.2) is 0 Å². The van der Waals surface area contributed by atoms with E-state index in [-0.39, 0.29) is 0 Å². The topological polar surface area (TPSA) is 34.4 Å². The molecular formula is C16H19NO2.